The van der Waals surface area contributed by atoms with E-state index in [-0.39, 0.29) is 12.3 Å². The highest BCUT2D eigenvalue weighted by molar-refractivity contribution is 5.94. The summed E-state index contributed by atoms with van der Waals surface area (Å²) < 4.78 is 3.62. The van der Waals surface area contributed by atoms with Gasteiger partial charge in [0, 0.05) is 37.6 Å². The van der Waals surface area contributed by atoms with Crippen LogP contribution in [-0.4, -0.2) is 25.2 Å². The van der Waals surface area contributed by atoms with E-state index in [4.69, 9.17) is 0 Å². The number of rotatable bonds is 3. The molecule has 1 amide bonds. The van der Waals surface area contributed by atoms with Crippen molar-refractivity contribution >= 4 is 22.5 Å². The molecule has 6 nitrogen and oxygen atoms in total. The molecule has 0 saturated heterocycles. The summed E-state index contributed by atoms with van der Waals surface area (Å²) in [6.45, 7) is 0. The summed E-state index contributed by atoms with van der Waals surface area (Å²) in [7, 11) is 3.75. The molecule has 102 valence electrons. The Kier molecular flexibility index (Phi) is 2.98. The second-order valence-corrected chi connectivity index (χ2v) is 4.72. The maximum atomic E-state index is 12.0. The summed E-state index contributed by atoms with van der Waals surface area (Å²) in [5, 5.41) is 8.11. The molecular formula is C14H15N5O. The van der Waals surface area contributed by atoms with Crippen LogP contribution < -0.4 is 5.32 Å². The van der Waals surface area contributed by atoms with Crippen LogP contribution in [0.3, 0.4) is 0 Å². The largest absolute Gasteiger partial charge is 0.338 e. The second kappa shape index (κ2) is 4.80. The fraction of sp³-hybridized carbons (Fsp3) is 0.214. The van der Waals surface area contributed by atoms with Gasteiger partial charge in [-0.25, -0.2) is 4.98 Å². The quantitative estimate of drug-likeness (QED) is 0.783. The number of aryl methyl sites for hydroxylation is 2. The highest BCUT2D eigenvalue weighted by Crippen LogP contribution is 2.18. The molecule has 3 aromatic rings. The molecule has 2 aromatic heterocycles. The van der Waals surface area contributed by atoms with Crippen molar-refractivity contribution < 1.29 is 4.79 Å². The van der Waals surface area contributed by atoms with Crippen LogP contribution in [0.25, 0.3) is 10.9 Å². The maximum absolute atomic E-state index is 12.0. The molecule has 0 aliphatic heterocycles. The minimum absolute atomic E-state index is 0.0826. The number of imidazole rings is 1. The fourth-order valence-electron chi connectivity index (χ4n) is 2.14. The molecule has 0 fully saturated rings. The van der Waals surface area contributed by atoms with Crippen molar-refractivity contribution in [3.05, 3.63) is 42.6 Å². The van der Waals surface area contributed by atoms with E-state index in [0.717, 1.165) is 22.4 Å². The number of amides is 1. The second-order valence-electron chi connectivity index (χ2n) is 4.72. The maximum Gasteiger partial charge on any atom is 0.231 e. The Hall–Kier alpha value is -2.63. The average molecular weight is 269 g/mol. The van der Waals surface area contributed by atoms with Crippen molar-refractivity contribution in [2.75, 3.05) is 5.32 Å². The third-order valence-electron chi connectivity index (χ3n) is 3.27. The summed E-state index contributed by atoms with van der Waals surface area (Å²) in [6.07, 6.45) is 5.57. The number of hydrogen-bond acceptors (Lipinski definition) is 3. The molecule has 1 N–H and O–H groups in total. The minimum atomic E-state index is -0.0826. The number of hydrogen-bond donors (Lipinski definition) is 1. The zero-order valence-corrected chi connectivity index (χ0v) is 11.4. The Morgan fingerprint density at radius 2 is 2.20 bits per heavy atom. The summed E-state index contributed by atoms with van der Waals surface area (Å²) >= 11 is 0. The normalized spacial score (nSPS) is 10.9. The summed E-state index contributed by atoms with van der Waals surface area (Å²) in [6, 6.07) is 5.73. The first-order chi connectivity index (χ1) is 9.63. The highest BCUT2D eigenvalue weighted by Gasteiger charge is 2.08. The summed E-state index contributed by atoms with van der Waals surface area (Å²) in [5.41, 5.74) is 1.75. The molecule has 1 aromatic carbocycles. The predicted octanol–water partition coefficient (Wildman–Crippen LogP) is 1.49. The Bertz CT molecular complexity index is 771. The lowest BCUT2D eigenvalue weighted by Crippen LogP contribution is -2.16. The molecule has 3 rings (SSSR count). The lowest BCUT2D eigenvalue weighted by atomic mass is 10.2. The van der Waals surface area contributed by atoms with Gasteiger partial charge in [-0.15, -0.1) is 0 Å². The van der Waals surface area contributed by atoms with Crippen molar-refractivity contribution in [1.29, 1.82) is 0 Å². The lowest BCUT2D eigenvalue weighted by molar-refractivity contribution is -0.115. The smallest absolute Gasteiger partial charge is 0.231 e. The zero-order valence-electron chi connectivity index (χ0n) is 11.4. The first-order valence-corrected chi connectivity index (χ1v) is 6.31. The number of carbonyl (C=O) groups excluding carboxylic acids is 1. The minimum Gasteiger partial charge on any atom is -0.338 e. The SMILES string of the molecule is Cn1ccnc1CC(=O)Nc1ccc2cnn(C)c2c1. The van der Waals surface area contributed by atoms with E-state index in [1.807, 2.05) is 43.1 Å². The number of fused-ring (bicyclic) bond motifs is 1. The molecule has 0 bridgehead atoms. The average Bonchev–Trinajstić information content (AvgIpc) is 2.98. The summed E-state index contributed by atoms with van der Waals surface area (Å²) in [5.74, 6) is 0.657. The van der Waals surface area contributed by atoms with E-state index in [0.29, 0.717) is 0 Å². The van der Waals surface area contributed by atoms with Crippen molar-refractivity contribution in [3.63, 3.8) is 0 Å². The zero-order chi connectivity index (χ0) is 14.1. The number of nitrogens with one attached hydrogen (secondary N) is 1. The van der Waals surface area contributed by atoms with Gasteiger partial charge in [-0.05, 0) is 18.2 Å². The van der Waals surface area contributed by atoms with Crippen LogP contribution in [0, 0.1) is 0 Å². The van der Waals surface area contributed by atoms with Crippen molar-refractivity contribution in [2.24, 2.45) is 14.1 Å². The van der Waals surface area contributed by atoms with E-state index in [2.05, 4.69) is 15.4 Å². The van der Waals surface area contributed by atoms with Crippen LogP contribution in [0.5, 0.6) is 0 Å². The number of aromatic nitrogens is 4. The molecule has 0 aliphatic rings. The molecule has 6 heteroatoms. The van der Waals surface area contributed by atoms with Crippen molar-refractivity contribution in [1.82, 2.24) is 19.3 Å². The molecule has 20 heavy (non-hydrogen) atoms. The Morgan fingerprint density at radius 3 is 2.95 bits per heavy atom. The van der Waals surface area contributed by atoms with Crippen molar-refractivity contribution in [3.8, 4) is 0 Å². The molecule has 0 saturated carbocycles. The first-order valence-electron chi connectivity index (χ1n) is 6.31. The van der Waals surface area contributed by atoms with Gasteiger partial charge in [-0.1, -0.05) is 0 Å². The lowest BCUT2D eigenvalue weighted by Gasteiger charge is -2.06. The van der Waals surface area contributed by atoms with Gasteiger partial charge in [-0.3, -0.25) is 9.48 Å². The first kappa shape index (κ1) is 12.4. The third kappa shape index (κ3) is 2.27. The van der Waals surface area contributed by atoms with E-state index >= 15 is 0 Å². The number of carbonyl (C=O) groups is 1. The van der Waals surface area contributed by atoms with Crippen LogP contribution >= 0.6 is 0 Å². The predicted molar refractivity (Wildman–Crippen MR) is 76.3 cm³/mol. The van der Waals surface area contributed by atoms with Gasteiger partial charge in [0.25, 0.3) is 0 Å². The molecule has 0 spiro atoms. The monoisotopic (exact) mass is 269 g/mol. The summed E-state index contributed by atoms with van der Waals surface area (Å²) in [4.78, 5) is 16.1. The standard InChI is InChI=1S/C14H15N5O/c1-18-6-5-15-13(18)8-14(20)17-11-4-3-10-9-16-19(2)12(10)7-11/h3-7,9H,8H2,1-2H3,(H,17,20). The molecule has 0 unspecified atom stereocenters. The number of nitrogens with zero attached hydrogens (tertiary/aromatic N) is 4. The van der Waals surface area contributed by atoms with Crippen LogP contribution in [0.2, 0.25) is 0 Å². The van der Waals surface area contributed by atoms with Crippen LogP contribution in [0.15, 0.2) is 36.8 Å². The van der Waals surface area contributed by atoms with Crippen LogP contribution in [0.1, 0.15) is 5.82 Å². The van der Waals surface area contributed by atoms with E-state index in [1.165, 1.54) is 0 Å². The fourth-order valence-corrected chi connectivity index (χ4v) is 2.14. The third-order valence-corrected chi connectivity index (χ3v) is 3.27. The molecule has 0 radical (unpaired) electrons. The molecule has 0 atom stereocenters. The number of anilines is 1. The van der Waals surface area contributed by atoms with Crippen molar-refractivity contribution in [2.45, 2.75) is 6.42 Å². The molecule has 0 aliphatic carbocycles. The van der Waals surface area contributed by atoms with Gasteiger partial charge in [0.2, 0.25) is 5.91 Å². The van der Waals surface area contributed by atoms with Gasteiger partial charge >= 0.3 is 0 Å². The van der Waals surface area contributed by atoms with Gasteiger partial charge in [0.05, 0.1) is 18.1 Å². The Labute approximate surface area is 116 Å². The van der Waals surface area contributed by atoms with Gasteiger partial charge < -0.3 is 9.88 Å². The van der Waals surface area contributed by atoms with E-state index < -0.39 is 0 Å². The Morgan fingerprint density at radius 1 is 1.35 bits per heavy atom. The highest BCUT2D eigenvalue weighted by atomic mass is 16.1. The van der Waals surface area contributed by atoms with E-state index in [9.17, 15) is 4.79 Å². The van der Waals surface area contributed by atoms with Gasteiger partial charge in [0.1, 0.15) is 5.82 Å². The molecule has 2 heterocycles. The topological polar surface area (TPSA) is 64.7 Å². The molecular weight excluding hydrogens is 254 g/mol. The number of benzene rings is 1. The van der Waals surface area contributed by atoms with Crippen LogP contribution in [0.4, 0.5) is 5.69 Å². The van der Waals surface area contributed by atoms with Gasteiger partial charge in [0.15, 0.2) is 0 Å². The Balaban J connectivity index is 1.77. The van der Waals surface area contributed by atoms with Crippen LogP contribution in [-0.2, 0) is 25.3 Å². The van der Waals surface area contributed by atoms with Gasteiger partial charge in [-0.2, -0.15) is 5.10 Å². The van der Waals surface area contributed by atoms with E-state index in [1.54, 1.807) is 17.1 Å².